The highest BCUT2D eigenvalue weighted by molar-refractivity contribution is 5.88. The van der Waals surface area contributed by atoms with Gasteiger partial charge in [-0.25, -0.2) is 0 Å². The van der Waals surface area contributed by atoms with Crippen LogP contribution < -0.4 is 5.32 Å². The Morgan fingerprint density at radius 2 is 2.21 bits per heavy atom. The molecule has 0 spiro atoms. The zero-order chi connectivity index (χ0) is 13.4. The molecule has 0 radical (unpaired) electrons. The van der Waals surface area contributed by atoms with Crippen molar-refractivity contribution in [3.8, 4) is 0 Å². The first-order valence-corrected chi connectivity index (χ1v) is 7.76. The Morgan fingerprint density at radius 1 is 1.37 bits per heavy atom. The maximum Gasteiger partial charge on any atom is 0.242 e. The zero-order valence-corrected chi connectivity index (χ0v) is 11.7. The summed E-state index contributed by atoms with van der Waals surface area (Å²) in [6.07, 6.45) is 6.67. The lowest BCUT2D eigenvalue weighted by molar-refractivity contribution is -0.144. The summed E-state index contributed by atoms with van der Waals surface area (Å²) < 4.78 is 0. The molecule has 2 bridgehead atoms. The number of hydrogen-bond donors (Lipinski definition) is 1. The molecule has 4 heteroatoms. The smallest absolute Gasteiger partial charge is 0.242 e. The number of carbonyl (C=O) groups excluding carboxylic acids is 2. The molecule has 2 saturated carbocycles. The van der Waals surface area contributed by atoms with E-state index in [4.69, 9.17) is 0 Å². The molecule has 1 saturated heterocycles. The Bertz CT molecular complexity index is 382. The van der Waals surface area contributed by atoms with E-state index >= 15 is 0 Å². The third kappa shape index (κ3) is 2.37. The summed E-state index contributed by atoms with van der Waals surface area (Å²) in [6, 6.07) is -0.236. The van der Waals surface area contributed by atoms with Gasteiger partial charge in [0.2, 0.25) is 11.8 Å². The van der Waals surface area contributed by atoms with Crippen LogP contribution in [0.25, 0.3) is 0 Å². The fourth-order valence-electron chi connectivity index (χ4n) is 4.39. The Morgan fingerprint density at radius 3 is 2.84 bits per heavy atom. The standard InChI is InChI=1S/C15H24N2O2/c1-2-13-15(19)16-5-6-17(13)14(18)9-12-8-10-3-4-11(12)7-10/h10-13H,2-9H2,1H3,(H,16,19). The first kappa shape index (κ1) is 12.9. The number of piperazine rings is 1. The molecule has 3 fully saturated rings. The normalized spacial score (nSPS) is 37.5. The maximum absolute atomic E-state index is 12.5. The van der Waals surface area contributed by atoms with Crippen molar-refractivity contribution < 1.29 is 9.59 Å². The SMILES string of the molecule is CCC1C(=O)NCCN1C(=O)CC1CC2CCC1C2. The van der Waals surface area contributed by atoms with Crippen molar-refractivity contribution in [1.29, 1.82) is 0 Å². The van der Waals surface area contributed by atoms with E-state index in [1.165, 1.54) is 25.7 Å². The van der Waals surface area contributed by atoms with Gasteiger partial charge in [0.05, 0.1) is 0 Å². The van der Waals surface area contributed by atoms with Crippen molar-refractivity contribution in [2.45, 2.75) is 51.5 Å². The molecule has 19 heavy (non-hydrogen) atoms. The molecule has 4 unspecified atom stereocenters. The number of carbonyl (C=O) groups is 2. The fourth-order valence-corrected chi connectivity index (χ4v) is 4.39. The predicted octanol–water partition coefficient (Wildman–Crippen LogP) is 1.55. The molecule has 4 nitrogen and oxygen atoms in total. The van der Waals surface area contributed by atoms with Crippen molar-refractivity contribution in [1.82, 2.24) is 10.2 Å². The highest BCUT2D eigenvalue weighted by Crippen LogP contribution is 2.49. The lowest BCUT2D eigenvalue weighted by Gasteiger charge is -2.35. The summed E-state index contributed by atoms with van der Waals surface area (Å²) in [7, 11) is 0. The summed E-state index contributed by atoms with van der Waals surface area (Å²) >= 11 is 0. The van der Waals surface area contributed by atoms with Crippen LogP contribution in [-0.2, 0) is 9.59 Å². The lowest BCUT2D eigenvalue weighted by atomic mass is 9.86. The molecule has 2 aliphatic carbocycles. The average Bonchev–Trinajstić information content (AvgIpc) is 3.00. The van der Waals surface area contributed by atoms with Crippen LogP contribution in [0, 0.1) is 17.8 Å². The highest BCUT2D eigenvalue weighted by atomic mass is 16.2. The molecule has 0 aromatic carbocycles. The average molecular weight is 264 g/mol. The van der Waals surface area contributed by atoms with Gasteiger partial charge in [0.25, 0.3) is 0 Å². The van der Waals surface area contributed by atoms with E-state index in [1.807, 2.05) is 11.8 Å². The first-order chi connectivity index (χ1) is 9.19. The minimum atomic E-state index is -0.236. The minimum absolute atomic E-state index is 0.0232. The van der Waals surface area contributed by atoms with E-state index in [2.05, 4.69) is 5.32 Å². The molecular formula is C15H24N2O2. The lowest BCUT2D eigenvalue weighted by Crippen LogP contribution is -2.57. The molecule has 1 N–H and O–H groups in total. The Hall–Kier alpha value is -1.06. The number of nitrogens with one attached hydrogen (secondary N) is 1. The van der Waals surface area contributed by atoms with Crippen LogP contribution in [0.3, 0.4) is 0 Å². The molecule has 3 rings (SSSR count). The van der Waals surface area contributed by atoms with Crippen molar-refractivity contribution in [3.05, 3.63) is 0 Å². The van der Waals surface area contributed by atoms with Gasteiger partial charge in [-0.1, -0.05) is 13.3 Å². The van der Waals surface area contributed by atoms with E-state index < -0.39 is 0 Å². The van der Waals surface area contributed by atoms with Crippen LogP contribution >= 0.6 is 0 Å². The number of rotatable bonds is 3. The Labute approximate surface area is 114 Å². The summed E-state index contributed by atoms with van der Waals surface area (Å²) in [6.45, 7) is 3.27. The van der Waals surface area contributed by atoms with E-state index in [1.54, 1.807) is 0 Å². The molecule has 4 atom stereocenters. The van der Waals surface area contributed by atoms with Crippen LogP contribution in [0.15, 0.2) is 0 Å². The third-order valence-corrected chi connectivity index (χ3v) is 5.36. The third-order valence-electron chi connectivity index (χ3n) is 5.36. The number of fused-ring (bicyclic) bond motifs is 2. The van der Waals surface area contributed by atoms with Crippen LogP contribution in [0.5, 0.6) is 0 Å². The number of hydrogen-bond acceptors (Lipinski definition) is 2. The summed E-state index contributed by atoms with van der Waals surface area (Å²) in [4.78, 5) is 26.1. The van der Waals surface area contributed by atoms with Gasteiger partial charge in [0, 0.05) is 19.5 Å². The van der Waals surface area contributed by atoms with Gasteiger partial charge in [0.1, 0.15) is 6.04 Å². The second-order valence-corrected chi connectivity index (χ2v) is 6.44. The molecule has 106 valence electrons. The molecular weight excluding hydrogens is 240 g/mol. The molecule has 1 aliphatic heterocycles. The number of amides is 2. The van der Waals surface area contributed by atoms with Crippen molar-refractivity contribution in [3.63, 3.8) is 0 Å². The fraction of sp³-hybridized carbons (Fsp3) is 0.867. The van der Waals surface area contributed by atoms with E-state index in [9.17, 15) is 9.59 Å². The minimum Gasteiger partial charge on any atom is -0.353 e. The van der Waals surface area contributed by atoms with Crippen LogP contribution in [0.1, 0.15) is 45.4 Å². The predicted molar refractivity (Wildman–Crippen MR) is 72.4 cm³/mol. The quantitative estimate of drug-likeness (QED) is 0.841. The van der Waals surface area contributed by atoms with Crippen molar-refractivity contribution in [2.24, 2.45) is 17.8 Å². The van der Waals surface area contributed by atoms with Gasteiger partial charge in [-0.2, -0.15) is 0 Å². The highest BCUT2D eigenvalue weighted by Gasteiger charge is 2.41. The van der Waals surface area contributed by atoms with E-state index in [-0.39, 0.29) is 17.9 Å². The second kappa shape index (κ2) is 5.14. The second-order valence-electron chi connectivity index (χ2n) is 6.44. The topological polar surface area (TPSA) is 49.4 Å². The first-order valence-electron chi connectivity index (χ1n) is 7.76. The summed E-state index contributed by atoms with van der Waals surface area (Å²) in [5.74, 6) is 2.49. The van der Waals surface area contributed by atoms with Gasteiger partial charge < -0.3 is 10.2 Å². The molecule has 2 amide bonds. The molecule has 0 aromatic rings. The maximum atomic E-state index is 12.5. The van der Waals surface area contributed by atoms with Crippen LogP contribution in [-0.4, -0.2) is 35.8 Å². The van der Waals surface area contributed by atoms with E-state index in [0.29, 0.717) is 31.8 Å². The Balaban J connectivity index is 1.61. The van der Waals surface area contributed by atoms with Gasteiger partial charge in [-0.05, 0) is 43.4 Å². The van der Waals surface area contributed by atoms with E-state index in [0.717, 1.165) is 11.8 Å². The van der Waals surface area contributed by atoms with Gasteiger partial charge >= 0.3 is 0 Å². The largest absolute Gasteiger partial charge is 0.353 e. The zero-order valence-electron chi connectivity index (χ0n) is 11.7. The summed E-state index contributed by atoms with van der Waals surface area (Å²) in [5.41, 5.74) is 0. The van der Waals surface area contributed by atoms with Crippen molar-refractivity contribution >= 4 is 11.8 Å². The van der Waals surface area contributed by atoms with Gasteiger partial charge in [-0.15, -0.1) is 0 Å². The van der Waals surface area contributed by atoms with Crippen LogP contribution in [0.4, 0.5) is 0 Å². The van der Waals surface area contributed by atoms with Crippen LogP contribution in [0.2, 0.25) is 0 Å². The molecule has 0 aromatic heterocycles. The molecule has 3 aliphatic rings. The Kier molecular flexibility index (Phi) is 3.50. The van der Waals surface area contributed by atoms with Crippen molar-refractivity contribution in [2.75, 3.05) is 13.1 Å². The summed E-state index contributed by atoms with van der Waals surface area (Å²) in [5, 5.41) is 2.86. The monoisotopic (exact) mass is 264 g/mol. The van der Waals surface area contributed by atoms with Gasteiger partial charge in [0.15, 0.2) is 0 Å². The number of nitrogens with zero attached hydrogens (tertiary/aromatic N) is 1. The van der Waals surface area contributed by atoms with Gasteiger partial charge in [-0.3, -0.25) is 9.59 Å². The molecule has 1 heterocycles.